The van der Waals surface area contributed by atoms with E-state index in [0.29, 0.717) is 11.7 Å². The maximum absolute atomic E-state index is 9.33. The first-order valence-corrected chi connectivity index (χ1v) is 10.0. The van der Waals surface area contributed by atoms with Gasteiger partial charge in [0.05, 0.1) is 0 Å². The van der Waals surface area contributed by atoms with Crippen LogP contribution in [0.2, 0.25) is 0 Å². The van der Waals surface area contributed by atoms with Crippen molar-refractivity contribution >= 4 is 0 Å². The lowest BCUT2D eigenvalue weighted by Crippen LogP contribution is -1.93. The number of phenolic OH excluding ortho intramolecular Hbond substituents is 1. The van der Waals surface area contributed by atoms with E-state index in [-0.39, 0.29) is 0 Å². The zero-order valence-electron chi connectivity index (χ0n) is 15.5. The van der Waals surface area contributed by atoms with Crippen molar-refractivity contribution in [3.05, 3.63) is 29.8 Å². The molecule has 1 atom stereocenters. The third-order valence-electron chi connectivity index (χ3n) is 4.95. The predicted octanol–water partition coefficient (Wildman–Crippen LogP) is 7.59. The summed E-state index contributed by atoms with van der Waals surface area (Å²) in [5, 5.41) is 9.33. The van der Waals surface area contributed by atoms with Crippen molar-refractivity contribution in [3.63, 3.8) is 0 Å². The molecule has 0 bridgehead atoms. The highest BCUT2D eigenvalue weighted by Crippen LogP contribution is 2.24. The van der Waals surface area contributed by atoms with Gasteiger partial charge in [-0.25, -0.2) is 0 Å². The fourth-order valence-electron chi connectivity index (χ4n) is 3.26. The summed E-state index contributed by atoms with van der Waals surface area (Å²) in [4.78, 5) is 0. The molecule has 1 unspecified atom stereocenters. The second kappa shape index (κ2) is 13.5. The lowest BCUT2D eigenvalue weighted by atomic mass is 9.94. The van der Waals surface area contributed by atoms with Crippen LogP contribution in [0.15, 0.2) is 24.3 Å². The molecule has 23 heavy (non-hydrogen) atoms. The van der Waals surface area contributed by atoms with Crippen LogP contribution in [0.1, 0.15) is 109 Å². The molecule has 0 aliphatic heterocycles. The Morgan fingerprint density at radius 3 is 1.61 bits per heavy atom. The zero-order valence-corrected chi connectivity index (χ0v) is 15.5. The number of phenols is 1. The molecule has 0 radical (unpaired) electrons. The molecule has 1 nitrogen and oxygen atoms in total. The van der Waals surface area contributed by atoms with Gasteiger partial charge in [-0.2, -0.15) is 0 Å². The van der Waals surface area contributed by atoms with E-state index >= 15 is 0 Å². The average molecular weight is 319 g/mol. The largest absolute Gasteiger partial charge is 0.508 e. The van der Waals surface area contributed by atoms with Crippen LogP contribution in [0.25, 0.3) is 0 Å². The van der Waals surface area contributed by atoms with Gasteiger partial charge in [0.15, 0.2) is 0 Å². The van der Waals surface area contributed by atoms with Crippen molar-refractivity contribution in [1.82, 2.24) is 0 Å². The Kier molecular flexibility index (Phi) is 11.7. The Labute approximate surface area is 144 Å². The fourth-order valence-corrected chi connectivity index (χ4v) is 3.26. The van der Waals surface area contributed by atoms with Crippen LogP contribution in [-0.4, -0.2) is 5.11 Å². The number of hydrogen-bond donors (Lipinski definition) is 1. The molecule has 0 aliphatic carbocycles. The molecule has 0 aromatic heterocycles. The third-order valence-corrected chi connectivity index (χ3v) is 4.95. The van der Waals surface area contributed by atoms with Crippen molar-refractivity contribution in [2.45, 2.75) is 103 Å². The van der Waals surface area contributed by atoms with Crippen LogP contribution in [0, 0.1) is 0 Å². The molecule has 0 fully saturated rings. The molecular weight excluding hydrogens is 280 g/mol. The first-order chi connectivity index (χ1) is 11.2. The monoisotopic (exact) mass is 318 g/mol. The fraction of sp³-hybridized carbons (Fsp3) is 0.727. The molecule has 1 rings (SSSR count). The Bertz CT molecular complexity index is 368. The highest BCUT2D eigenvalue weighted by molar-refractivity contribution is 5.27. The first-order valence-electron chi connectivity index (χ1n) is 10.0. The number of rotatable bonds is 14. The molecular formula is C22H38O. The summed E-state index contributed by atoms with van der Waals surface area (Å²) < 4.78 is 0. The van der Waals surface area contributed by atoms with Crippen LogP contribution in [-0.2, 0) is 0 Å². The lowest BCUT2D eigenvalue weighted by molar-refractivity contribution is 0.474. The van der Waals surface area contributed by atoms with Crippen molar-refractivity contribution < 1.29 is 5.11 Å². The summed E-state index contributed by atoms with van der Waals surface area (Å²) in [6.07, 6.45) is 18.2. The highest BCUT2D eigenvalue weighted by atomic mass is 16.3. The summed E-state index contributed by atoms with van der Waals surface area (Å²) in [6.45, 7) is 4.58. The van der Waals surface area contributed by atoms with E-state index in [1.165, 1.54) is 89.0 Å². The van der Waals surface area contributed by atoms with Gasteiger partial charge in [0.1, 0.15) is 5.75 Å². The topological polar surface area (TPSA) is 20.2 Å². The molecule has 0 aliphatic rings. The number of aromatic hydroxyl groups is 1. The van der Waals surface area contributed by atoms with Gasteiger partial charge >= 0.3 is 0 Å². The molecule has 0 saturated carbocycles. The summed E-state index contributed by atoms with van der Waals surface area (Å²) >= 11 is 0. The normalized spacial score (nSPS) is 12.4. The third kappa shape index (κ3) is 10.4. The Hall–Kier alpha value is -0.980. The van der Waals surface area contributed by atoms with Crippen molar-refractivity contribution in [2.24, 2.45) is 0 Å². The number of unbranched alkanes of at least 4 members (excludes halogenated alkanes) is 11. The summed E-state index contributed by atoms with van der Waals surface area (Å²) in [5.74, 6) is 0.977. The maximum Gasteiger partial charge on any atom is 0.115 e. The van der Waals surface area contributed by atoms with Gasteiger partial charge < -0.3 is 5.11 Å². The van der Waals surface area contributed by atoms with E-state index in [4.69, 9.17) is 0 Å². The minimum atomic E-state index is 0.367. The number of hydrogen-bond acceptors (Lipinski definition) is 1. The maximum atomic E-state index is 9.33. The standard InChI is InChI=1S/C22H38O/c1-3-4-5-6-7-8-9-10-11-12-13-14-15-20(2)21-16-18-22(23)19-17-21/h16-20,23H,3-15H2,1-2H3. The SMILES string of the molecule is CCCCCCCCCCCCCCC(C)c1ccc(O)cc1. The number of benzene rings is 1. The minimum absolute atomic E-state index is 0.367. The van der Waals surface area contributed by atoms with Crippen LogP contribution in [0.3, 0.4) is 0 Å². The zero-order chi connectivity index (χ0) is 16.8. The van der Waals surface area contributed by atoms with Gasteiger partial charge in [-0.3, -0.25) is 0 Å². The predicted molar refractivity (Wildman–Crippen MR) is 102 cm³/mol. The molecule has 0 spiro atoms. The van der Waals surface area contributed by atoms with Crippen molar-refractivity contribution in [3.8, 4) is 5.75 Å². The average Bonchev–Trinajstić information content (AvgIpc) is 2.56. The van der Waals surface area contributed by atoms with Crippen LogP contribution in [0.5, 0.6) is 5.75 Å². The Balaban J connectivity index is 1.88. The van der Waals surface area contributed by atoms with Gasteiger partial charge in [-0.05, 0) is 30.0 Å². The molecule has 0 amide bonds. The van der Waals surface area contributed by atoms with Gasteiger partial charge in [0.25, 0.3) is 0 Å². The quantitative estimate of drug-likeness (QED) is 0.350. The summed E-state index contributed by atoms with van der Waals surface area (Å²) in [7, 11) is 0. The molecule has 1 N–H and O–H groups in total. The van der Waals surface area contributed by atoms with Gasteiger partial charge in [0.2, 0.25) is 0 Å². The molecule has 132 valence electrons. The van der Waals surface area contributed by atoms with Crippen LogP contribution >= 0.6 is 0 Å². The van der Waals surface area contributed by atoms with E-state index in [9.17, 15) is 5.11 Å². The van der Waals surface area contributed by atoms with E-state index < -0.39 is 0 Å². The lowest BCUT2D eigenvalue weighted by Gasteiger charge is -2.11. The minimum Gasteiger partial charge on any atom is -0.508 e. The molecule has 1 aromatic rings. The molecule has 0 saturated heterocycles. The van der Waals surface area contributed by atoms with Crippen LogP contribution < -0.4 is 0 Å². The smallest absolute Gasteiger partial charge is 0.115 e. The van der Waals surface area contributed by atoms with E-state index in [1.807, 2.05) is 0 Å². The van der Waals surface area contributed by atoms with Gasteiger partial charge in [-0.15, -0.1) is 0 Å². The molecule has 1 heteroatoms. The molecule has 1 aromatic carbocycles. The van der Waals surface area contributed by atoms with E-state index in [2.05, 4.69) is 26.0 Å². The van der Waals surface area contributed by atoms with Gasteiger partial charge in [0, 0.05) is 0 Å². The van der Waals surface area contributed by atoms with E-state index in [1.54, 1.807) is 12.1 Å². The second-order valence-corrected chi connectivity index (χ2v) is 7.17. The Morgan fingerprint density at radius 2 is 1.13 bits per heavy atom. The highest BCUT2D eigenvalue weighted by Gasteiger charge is 2.05. The summed E-state index contributed by atoms with van der Waals surface area (Å²) in [5.41, 5.74) is 1.35. The second-order valence-electron chi connectivity index (χ2n) is 7.17. The van der Waals surface area contributed by atoms with Crippen LogP contribution in [0.4, 0.5) is 0 Å². The van der Waals surface area contributed by atoms with E-state index in [0.717, 1.165) is 0 Å². The van der Waals surface area contributed by atoms with Crippen molar-refractivity contribution in [1.29, 1.82) is 0 Å². The Morgan fingerprint density at radius 1 is 0.696 bits per heavy atom. The van der Waals surface area contributed by atoms with Crippen molar-refractivity contribution in [2.75, 3.05) is 0 Å². The van der Waals surface area contributed by atoms with Gasteiger partial charge in [-0.1, -0.05) is 103 Å². The molecule has 0 heterocycles. The first kappa shape index (κ1) is 20.1. The summed E-state index contributed by atoms with van der Waals surface area (Å²) in [6, 6.07) is 7.71.